The number of carbonyl (C=O) groups is 1. The van der Waals surface area contributed by atoms with Gasteiger partial charge in [0.15, 0.2) is 5.76 Å². The highest BCUT2D eigenvalue weighted by Crippen LogP contribution is 2.16. The number of ether oxygens (including phenoxy) is 2. The molecule has 0 fully saturated rings. The number of carbonyl (C=O) groups excluding carboxylic acids is 1. The molecule has 3 heteroatoms. The zero-order valence-corrected chi connectivity index (χ0v) is 6.79. The Hall–Kier alpha value is -0.830. The van der Waals surface area contributed by atoms with Crippen molar-refractivity contribution in [3.63, 3.8) is 0 Å². The predicted octanol–water partition coefficient (Wildman–Crippen LogP) is 0.895. The minimum Gasteiger partial charge on any atom is -0.493 e. The van der Waals surface area contributed by atoms with E-state index in [0.29, 0.717) is 5.76 Å². The van der Waals surface area contributed by atoms with Crippen molar-refractivity contribution in [2.75, 3.05) is 14.2 Å². The summed E-state index contributed by atoms with van der Waals surface area (Å²) >= 11 is 0. The lowest BCUT2D eigenvalue weighted by atomic mass is 10.0. The van der Waals surface area contributed by atoms with Crippen LogP contribution in [0.1, 0.15) is 12.8 Å². The van der Waals surface area contributed by atoms with Gasteiger partial charge in [0.05, 0.1) is 7.11 Å². The van der Waals surface area contributed by atoms with Crippen molar-refractivity contribution >= 4 is 5.78 Å². The molecule has 0 heterocycles. The van der Waals surface area contributed by atoms with E-state index in [4.69, 9.17) is 9.47 Å². The molecule has 0 aromatic heterocycles. The van der Waals surface area contributed by atoms with Crippen LogP contribution < -0.4 is 0 Å². The van der Waals surface area contributed by atoms with E-state index in [1.807, 2.05) is 0 Å². The first-order valence-electron chi connectivity index (χ1n) is 3.60. The summed E-state index contributed by atoms with van der Waals surface area (Å²) in [5.41, 5.74) is 0. The average Bonchev–Trinajstić information content (AvgIpc) is 2.05. The van der Waals surface area contributed by atoms with Gasteiger partial charge in [-0.05, 0) is 18.9 Å². The highest BCUT2D eigenvalue weighted by Gasteiger charge is 2.25. The van der Waals surface area contributed by atoms with E-state index in [0.717, 1.165) is 12.8 Å². The minimum atomic E-state index is -0.296. The minimum absolute atomic E-state index is 0.0405. The molecule has 0 spiro atoms. The predicted molar refractivity (Wildman–Crippen MR) is 40.1 cm³/mol. The molecule has 62 valence electrons. The summed E-state index contributed by atoms with van der Waals surface area (Å²) < 4.78 is 9.83. The van der Waals surface area contributed by atoms with Gasteiger partial charge in [-0.2, -0.15) is 0 Å². The SMILES string of the molecule is COC1=CCCC(OC)C1=O. The second-order valence-corrected chi connectivity index (χ2v) is 2.44. The number of hydrogen-bond acceptors (Lipinski definition) is 3. The van der Waals surface area contributed by atoms with Gasteiger partial charge in [-0.15, -0.1) is 0 Å². The molecule has 0 saturated heterocycles. The first-order valence-corrected chi connectivity index (χ1v) is 3.60. The van der Waals surface area contributed by atoms with Crippen LogP contribution in [0.25, 0.3) is 0 Å². The summed E-state index contributed by atoms with van der Waals surface area (Å²) in [5.74, 6) is 0.393. The number of Topliss-reactive ketones (excluding diaryl/α,β-unsaturated/α-hetero) is 1. The first kappa shape index (κ1) is 8.27. The van der Waals surface area contributed by atoms with Crippen molar-refractivity contribution in [3.05, 3.63) is 11.8 Å². The Bertz CT molecular complexity index is 184. The molecule has 1 aliphatic carbocycles. The molecule has 1 unspecified atom stereocenters. The fourth-order valence-electron chi connectivity index (χ4n) is 1.16. The third kappa shape index (κ3) is 1.60. The number of ketones is 1. The van der Waals surface area contributed by atoms with Crippen LogP contribution in [0.3, 0.4) is 0 Å². The summed E-state index contributed by atoms with van der Waals surface area (Å²) in [5, 5.41) is 0. The van der Waals surface area contributed by atoms with E-state index < -0.39 is 0 Å². The van der Waals surface area contributed by atoms with Crippen molar-refractivity contribution in [2.24, 2.45) is 0 Å². The molecule has 0 aliphatic heterocycles. The lowest BCUT2D eigenvalue weighted by Crippen LogP contribution is -2.27. The van der Waals surface area contributed by atoms with Gasteiger partial charge < -0.3 is 9.47 Å². The Morgan fingerprint density at radius 1 is 1.55 bits per heavy atom. The molecule has 3 nitrogen and oxygen atoms in total. The quantitative estimate of drug-likeness (QED) is 0.595. The second-order valence-electron chi connectivity index (χ2n) is 2.44. The molecule has 1 rings (SSSR count). The van der Waals surface area contributed by atoms with Crippen LogP contribution in [0.5, 0.6) is 0 Å². The van der Waals surface area contributed by atoms with Crippen LogP contribution in [0.15, 0.2) is 11.8 Å². The van der Waals surface area contributed by atoms with Crippen LogP contribution in [-0.2, 0) is 14.3 Å². The molecule has 0 aromatic carbocycles. The summed E-state index contributed by atoms with van der Waals surface area (Å²) in [6.07, 6.45) is 3.13. The Kier molecular flexibility index (Phi) is 2.65. The normalized spacial score (nSPS) is 24.7. The van der Waals surface area contributed by atoms with Gasteiger partial charge in [-0.1, -0.05) is 0 Å². The molecular formula is C8H12O3. The lowest BCUT2D eigenvalue weighted by molar-refractivity contribution is -0.129. The first-order chi connectivity index (χ1) is 5.29. The third-order valence-corrected chi connectivity index (χ3v) is 1.80. The third-order valence-electron chi connectivity index (χ3n) is 1.80. The maximum absolute atomic E-state index is 11.3. The van der Waals surface area contributed by atoms with Crippen molar-refractivity contribution in [3.8, 4) is 0 Å². The van der Waals surface area contributed by atoms with Crippen LogP contribution in [0.4, 0.5) is 0 Å². The Balaban J connectivity index is 2.68. The molecule has 0 aromatic rings. The Morgan fingerprint density at radius 3 is 2.82 bits per heavy atom. The van der Waals surface area contributed by atoms with Gasteiger partial charge in [0.25, 0.3) is 0 Å². The van der Waals surface area contributed by atoms with Crippen molar-refractivity contribution in [1.29, 1.82) is 0 Å². The maximum atomic E-state index is 11.3. The van der Waals surface area contributed by atoms with Crippen molar-refractivity contribution < 1.29 is 14.3 Å². The fourth-order valence-corrected chi connectivity index (χ4v) is 1.16. The topological polar surface area (TPSA) is 35.5 Å². The van der Waals surface area contributed by atoms with E-state index in [9.17, 15) is 4.79 Å². The number of hydrogen-bond donors (Lipinski definition) is 0. The highest BCUT2D eigenvalue weighted by molar-refractivity contribution is 5.97. The van der Waals surface area contributed by atoms with Gasteiger partial charge in [0.1, 0.15) is 6.10 Å². The number of rotatable bonds is 2. The van der Waals surface area contributed by atoms with Gasteiger partial charge in [0, 0.05) is 7.11 Å². The van der Waals surface area contributed by atoms with E-state index in [1.54, 1.807) is 13.2 Å². The van der Waals surface area contributed by atoms with E-state index in [-0.39, 0.29) is 11.9 Å². The molecule has 0 bridgehead atoms. The molecule has 11 heavy (non-hydrogen) atoms. The van der Waals surface area contributed by atoms with Gasteiger partial charge in [-0.3, -0.25) is 4.79 Å². The van der Waals surface area contributed by atoms with E-state index in [2.05, 4.69) is 0 Å². The van der Waals surface area contributed by atoms with Gasteiger partial charge in [0.2, 0.25) is 5.78 Å². The lowest BCUT2D eigenvalue weighted by Gasteiger charge is -2.18. The van der Waals surface area contributed by atoms with Crippen LogP contribution in [-0.4, -0.2) is 26.1 Å². The average molecular weight is 156 g/mol. The zero-order chi connectivity index (χ0) is 8.27. The Labute approximate surface area is 66.0 Å². The molecule has 0 N–H and O–H groups in total. The van der Waals surface area contributed by atoms with Gasteiger partial charge >= 0.3 is 0 Å². The fraction of sp³-hybridized carbons (Fsp3) is 0.625. The summed E-state index contributed by atoms with van der Waals surface area (Å²) in [4.78, 5) is 11.3. The summed E-state index contributed by atoms with van der Waals surface area (Å²) in [6, 6.07) is 0. The van der Waals surface area contributed by atoms with Crippen LogP contribution in [0.2, 0.25) is 0 Å². The largest absolute Gasteiger partial charge is 0.493 e. The highest BCUT2D eigenvalue weighted by atomic mass is 16.5. The smallest absolute Gasteiger partial charge is 0.225 e. The van der Waals surface area contributed by atoms with Crippen molar-refractivity contribution in [1.82, 2.24) is 0 Å². The molecule has 0 saturated carbocycles. The Morgan fingerprint density at radius 2 is 2.27 bits per heavy atom. The monoisotopic (exact) mass is 156 g/mol. The van der Waals surface area contributed by atoms with Crippen LogP contribution in [0, 0.1) is 0 Å². The van der Waals surface area contributed by atoms with Crippen molar-refractivity contribution in [2.45, 2.75) is 18.9 Å². The van der Waals surface area contributed by atoms with E-state index in [1.165, 1.54) is 7.11 Å². The summed E-state index contributed by atoms with van der Waals surface area (Å²) in [6.45, 7) is 0. The molecule has 1 atom stereocenters. The number of methoxy groups -OCH3 is 2. The standard InChI is InChI=1S/C8H12O3/c1-10-6-4-3-5-7(11-2)8(6)9/h4,7H,3,5H2,1-2H3. The molecule has 0 amide bonds. The second kappa shape index (κ2) is 3.53. The van der Waals surface area contributed by atoms with E-state index >= 15 is 0 Å². The molecule has 1 aliphatic rings. The maximum Gasteiger partial charge on any atom is 0.225 e. The zero-order valence-electron chi connectivity index (χ0n) is 6.79. The molecule has 0 radical (unpaired) electrons. The van der Waals surface area contributed by atoms with Crippen LogP contribution >= 0.6 is 0 Å². The van der Waals surface area contributed by atoms with Gasteiger partial charge in [-0.25, -0.2) is 0 Å². The number of allylic oxidation sites excluding steroid dienone is 1. The molecular weight excluding hydrogens is 144 g/mol. The summed E-state index contributed by atoms with van der Waals surface area (Å²) in [7, 11) is 3.04.